The van der Waals surface area contributed by atoms with Crippen LogP contribution >= 0.6 is 0 Å². The topological polar surface area (TPSA) is 89.6 Å². The Hall–Kier alpha value is -2.11. The number of hydrogen-bond acceptors (Lipinski definition) is 3. The Bertz CT molecular complexity index is 447. The summed E-state index contributed by atoms with van der Waals surface area (Å²) < 4.78 is 18.0. The van der Waals surface area contributed by atoms with E-state index in [0.717, 1.165) is 12.1 Å². The van der Waals surface area contributed by atoms with E-state index in [1.54, 1.807) is 6.92 Å². The number of carboxylic acids is 1. The molecule has 0 spiro atoms. The molecule has 0 aliphatic heterocycles. The molecule has 0 bridgehead atoms. The number of hydrogen-bond donors (Lipinski definition) is 2. The third kappa shape index (κ3) is 3.44. The van der Waals surface area contributed by atoms with Crippen molar-refractivity contribution in [1.82, 2.24) is 0 Å². The van der Waals surface area contributed by atoms with Crippen LogP contribution in [-0.2, 0) is 4.79 Å². The summed E-state index contributed by atoms with van der Waals surface area (Å²) >= 11 is 0. The zero-order valence-corrected chi connectivity index (χ0v) is 9.14. The molecule has 1 aromatic rings. The number of amides is 1. The van der Waals surface area contributed by atoms with Crippen molar-refractivity contribution in [2.75, 3.05) is 6.61 Å². The quantitative estimate of drug-likeness (QED) is 0.805. The summed E-state index contributed by atoms with van der Waals surface area (Å²) in [5.74, 6) is -3.07. The highest BCUT2D eigenvalue weighted by Crippen LogP contribution is 2.20. The molecule has 0 aromatic heterocycles. The lowest BCUT2D eigenvalue weighted by Gasteiger charge is -2.11. The molecule has 17 heavy (non-hydrogen) atoms. The normalized spacial score (nSPS) is 11.9. The second kappa shape index (κ2) is 5.29. The lowest BCUT2D eigenvalue weighted by atomic mass is 10.1. The van der Waals surface area contributed by atoms with Gasteiger partial charge in [0.25, 0.3) is 0 Å². The minimum Gasteiger partial charge on any atom is -0.492 e. The van der Waals surface area contributed by atoms with Crippen LogP contribution in [0.5, 0.6) is 5.75 Å². The third-order valence-corrected chi connectivity index (χ3v) is 2.15. The van der Waals surface area contributed by atoms with Crippen LogP contribution in [0.3, 0.4) is 0 Å². The maximum Gasteiger partial charge on any atom is 0.339 e. The van der Waals surface area contributed by atoms with Crippen LogP contribution in [0.15, 0.2) is 18.2 Å². The highest BCUT2D eigenvalue weighted by Gasteiger charge is 2.15. The van der Waals surface area contributed by atoms with Gasteiger partial charge in [0.2, 0.25) is 5.91 Å². The fourth-order valence-corrected chi connectivity index (χ4v) is 1.09. The molecule has 0 saturated carbocycles. The van der Waals surface area contributed by atoms with Gasteiger partial charge in [-0.3, -0.25) is 4.79 Å². The molecule has 1 atom stereocenters. The van der Waals surface area contributed by atoms with Crippen LogP contribution < -0.4 is 10.5 Å². The van der Waals surface area contributed by atoms with Gasteiger partial charge in [0.05, 0.1) is 12.5 Å². The lowest BCUT2D eigenvalue weighted by molar-refractivity contribution is -0.122. The highest BCUT2D eigenvalue weighted by atomic mass is 19.1. The van der Waals surface area contributed by atoms with E-state index < -0.39 is 23.6 Å². The average molecular weight is 241 g/mol. The molecule has 6 heteroatoms. The number of benzene rings is 1. The number of halogens is 1. The molecule has 92 valence electrons. The Morgan fingerprint density at radius 3 is 2.71 bits per heavy atom. The summed E-state index contributed by atoms with van der Waals surface area (Å²) in [6, 6.07) is 3.13. The van der Waals surface area contributed by atoms with Gasteiger partial charge in [-0.05, 0) is 18.2 Å². The van der Waals surface area contributed by atoms with Crippen molar-refractivity contribution in [3.63, 3.8) is 0 Å². The molecule has 0 fully saturated rings. The van der Waals surface area contributed by atoms with Crippen LogP contribution in [0.1, 0.15) is 17.3 Å². The van der Waals surface area contributed by atoms with Crippen molar-refractivity contribution in [3.8, 4) is 5.75 Å². The number of ether oxygens (including phenoxy) is 1. The molecule has 1 rings (SSSR count). The van der Waals surface area contributed by atoms with E-state index in [-0.39, 0.29) is 17.9 Å². The minimum absolute atomic E-state index is 0.00648. The summed E-state index contributed by atoms with van der Waals surface area (Å²) in [6.45, 7) is 1.49. The lowest BCUT2D eigenvalue weighted by Crippen LogP contribution is -2.26. The molecule has 0 saturated heterocycles. The van der Waals surface area contributed by atoms with Crippen LogP contribution in [0, 0.1) is 11.7 Å². The van der Waals surface area contributed by atoms with Crippen molar-refractivity contribution in [1.29, 1.82) is 0 Å². The molecule has 3 N–H and O–H groups in total. The maximum atomic E-state index is 12.8. The van der Waals surface area contributed by atoms with E-state index in [1.807, 2.05) is 0 Å². The number of carbonyl (C=O) groups excluding carboxylic acids is 1. The first kappa shape index (κ1) is 13.0. The zero-order chi connectivity index (χ0) is 13.0. The van der Waals surface area contributed by atoms with Gasteiger partial charge in [-0.25, -0.2) is 9.18 Å². The first-order valence-corrected chi connectivity index (χ1v) is 4.86. The van der Waals surface area contributed by atoms with E-state index in [2.05, 4.69) is 0 Å². The molecule has 1 unspecified atom stereocenters. The number of primary amides is 1. The average Bonchev–Trinajstić information content (AvgIpc) is 2.26. The van der Waals surface area contributed by atoms with E-state index in [0.29, 0.717) is 0 Å². The molecule has 0 heterocycles. The Kier molecular flexibility index (Phi) is 4.03. The third-order valence-electron chi connectivity index (χ3n) is 2.15. The monoisotopic (exact) mass is 241 g/mol. The second-order valence-electron chi connectivity index (χ2n) is 3.56. The molecule has 1 amide bonds. The fraction of sp³-hybridized carbons (Fsp3) is 0.273. The number of aromatic carboxylic acids is 1. The molecule has 0 aliphatic rings. The van der Waals surface area contributed by atoms with E-state index in [1.165, 1.54) is 6.07 Å². The van der Waals surface area contributed by atoms with Crippen molar-refractivity contribution in [2.45, 2.75) is 6.92 Å². The summed E-state index contributed by atoms with van der Waals surface area (Å²) in [7, 11) is 0. The summed E-state index contributed by atoms with van der Waals surface area (Å²) in [5.41, 5.74) is 4.74. The van der Waals surface area contributed by atoms with Crippen molar-refractivity contribution < 1.29 is 23.8 Å². The Morgan fingerprint density at radius 2 is 2.18 bits per heavy atom. The summed E-state index contributed by atoms with van der Waals surface area (Å²) in [4.78, 5) is 21.6. The molecule has 0 radical (unpaired) electrons. The second-order valence-corrected chi connectivity index (χ2v) is 3.56. The molecule has 0 aliphatic carbocycles. The van der Waals surface area contributed by atoms with Gasteiger partial charge in [-0.1, -0.05) is 6.92 Å². The molecular weight excluding hydrogens is 229 g/mol. The van der Waals surface area contributed by atoms with Gasteiger partial charge < -0.3 is 15.6 Å². The van der Waals surface area contributed by atoms with E-state index >= 15 is 0 Å². The van der Waals surface area contributed by atoms with Crippen LogP contribution in [0.25, 0.3) is 0 Å². The Balaban J connectivity index is 2.84. The first-order valence-electron chi connectivity index (χ1n) is 4.86. The fourth-order valence-electron chi connectivity index (χ4n) is 1.09. The Morgan fingerprint density at radius 1 is 1.53 bits per heavy atom. The predicted octanol–water partition coefficient (Wildman–Crippen LogP) is 1.02. The van der Waals surface area contributed by atoms with Gasteiger partial charge in [0.1, 0.15) is 17.1 Å². The smallest absolute Gasteiger partial charge is 0.339 e. The minimum atomic E-state index is -1.30. The summed E-state index contributed by atoms with van der Waals surface area (Å²) in [6.07, 6.45) is 0. The number of nitrogens with two attached hydrogens (primary N) is 1. The molecule has 5 nitrogen and oxygen atoms in total. The van der Waals surface area contributed by atoms with Gasteiger partial charge in [0.15, 0.2) is 0 Å². The van der Waals surface area contributed by atoms with Crippen LogP contribution in [-0.4, -0.2) is 23.6 Å². The van der Waals surface area contributed by atoms with Crippen molar-refractivity contribution in [2.24, 2.45) is 11.7 Å². The van der Waals surface area contributed by atoms with Gasteiger partial charge in [-0.2, -0.15) is 0 Å². The SMILES string of the molecule is CC(COc1ccc(F)cc1C(=O)O)C(N)=O. The van der Waals surface area contributed by atoms with Gasteiger partial charge in [-0.15, -0.1) is 0 Å². The standard InChI is InChI=1S/C11H12FNO4/c1-6(10(13)14)5-17-9-3-2-7(12)4-8(9)11(15)16/h2-4,6H,5H2,1H3,(H2,13,14)(H,15,16). The molecule has 1 aromatic carbocycles. The van der Waals surface area contributed by atoms with E-state index in [4.69, 9.17) is 15.6 Å². The van der Waals surface area contributed by atoms with Crippen LogP contribution in [0.2, 0.25) is 0 Å². The maximum absolute atomic E-state index is 12.8. The van der Waals surface area contributed by atoms with Crippen molar-refractivity contribution in [3.05, 3.63) is 29.6 Å². The number of rotatable bonds is 5. The van der Waals surface area contributed by atoms with Gasteiger partial charge >= 0.3 is 5.97 Å². The Labute approximate surface area is 97.0 Å². The van der Waals surface area contributed by atoms with Crippen molar-refractivity contribution >= 4 is 11.9 Å². The summed E-state index contributed by atoms with van der Waals surface area (Å²) in [5, 5.41) is 8.83. The van der Waals surface area contributed by atoms with Crippen LogP contribution in [0.4, 0.5) is 4.39 Å². The zero-order valence-electron chi connectivity index (χ0n) is 9.14. The highest BCUT2D eigenvalue weighted by molar-refractivity contribution is 5.90. The van der Waals surface area contributed by atoms with Gasteiger partial charge in [0, 0.05) is 0 Å². The first-order chi connectivity index (χ1) is 7.91. The number of carboxylic acid groups (broad SMARTS) is 1. The molecular formula is C11H12FNO4. The largest absolute Gasteiger partial charge is 0.492 e. The number of carbonyl (C=O) groups is 2. The predicted molar refractivity (Wildman–Crippen MR) is 57.2 cm³/mol. The van der Waals surface area contributed by atoms with E-state index in [9.17, 15) is 14.0 Å².